The first kappa shape index (κ1) is 13.4. The summed E-state index contributed by atoms with van der Waals surface area (Å²) in [6, 6.07) is 0. The van der Waals surface area contributed by atoms with Crippen LogP contribution in [0, 0.1) is 0 Å². The third-order valence-electron chi connectivity index (χ3n) is 1.74. The second-order valence-electron chi connectivity index (χ2n) is 3.53. The highest BCUT2D eigenvalue weighted by Gasteiger charge is 2.27. The van der Waals surface area contributed by atoms with Crippen LogP contribution in [0.25, 0.3) is 0 Å². The van der Waals surface area contributed by atoms with Crippen molar-refractivity contribution in [1.29, 1.82) is 0 Å². The lowest BCUT2D eigenvalue weighted by Gasteiger charge is -2.24. The van der Waals surface area contributed by atoms with Crippen molar-refractivity contribution in [2.45, 2.75) is 25.8 Å². The van der Waals surface area contributed by atoms with Gasteiger partial charge in [-0.2, -0.15) is 0 Å². The Kier molecular flexibility index (Phi) is 5.30. The van der Waals surface area contributed by atoms with Crippen molar-refractivity contribution in [1.82, 2.24) is 10.6 Å². The predicted molar refractivity (Wildman–Crippen MR) is 56.1 cm³/mol. The minimum absolute atomic E-state index is 0.261. The largest absolute Gasteiger partial charge is 0.354 e. The summed E-state index contributed by atoms with van der Waals surface area (Å²) in [7, 11) is 0. The van der Waals surface area contributed by atoms with Crippen molar-refractivity contribution in [3.8, 4) is 0 Å². The minimum Gasteiger partial charge on any atom is -0.354 e. The molecule has 0 radical (unpaired) electrons. The van der Waals surface area contributed by atoms with E-state index in [2.05, 4.69) is 17.2 Å². The van der Waals surface area contributed by atoms with Gasteiger partial charge in [0.2, 0.25) is 11.8 Å². The van der Waals surface area contributed by atoms with Crippen LogP contribution in [0.1, 0.15) is 20.3 Å². The zero-order chi connectivity index (χ0) is 11.9. The minimum atomic E-state index is -1.01. The lowest BCUT2D eigenvalue weighted by molar-refractivity contribution is -0.130. The first-order valence-corrected chi connectivity index (χ1v) is 4.60. The summed E-state index contributed by atoms with van der Waals surface area (Å²) in [5.41, 5.74) is -1.01. The zero-order valence-corrected chi connectivity index (χ0v) is 9.00. The topological polar surface area (TPSA) is 75.3 Å². The monoisotopic (exact) mass is 212 g/mol. The molecule has 0 saturated carbocycles. The van der Waals surface area contributed by atoms with Gasteiger partial charge in [-0.3, -0.25) is 9.59 Å². The van der Waals surface area contributed by atoms with E-state index in [4.69, 9.17) is 0 Å². The zero-order valence-electron chi connectivity index (χ0n) is 9.00. The van der Waals surface area contributed by atoms with Crippen molar-refractivity contribution >= 4 is 18.1 Å². The van der Waals surface area contributed by atoms with Crippen LogP contribution < -0.4 is 10.6 Å². The molecule has 0 aliphatic carbocycles. The van der Waals surface area contributed by atoms with Crippen molar-refractivity contribution in [3.63, 3.8) is 0 Å². The Morgan fingerprint density at radius 3 is 2.47 bits per heavy atom. The number of rotatable bonds is 6. The molecule has 0 fully saturated rings. The molecule has 0 unspecified atom stereocenters. The van der Waals surface area contributed by atoms with E-state index in [1.165, 1.54) is 0 Å². The summed E-state index contributed by atoms with van der Waals surface area (Å²) in [6.07, 6.45) is 2.08. The smallest absolute Gasteiger partial charge is 0.245 e. The maximum absolute atomic E-state index is 11.5. The number of nitrogens with one attached hydrogen (secondary N) is 2. The van der Waals surface area contributed by atoms with E-state index in [-0.39, 0.29) is 18.9 Å². The van der Waals surface area contributed by atoms with Crippen LogP contribution >= 0.6 is 0 Å². The van der Waals surface area contributed by atoms with Gasteiger partial charge in [-0.15, -0.1) is 0 Å². The predicted octanol–water partition coefficient (Wildman–Crippen LogP) is -0.228. The lowest BCUT2D eigenvalue weighted by atomic mass is 10.0. The van der Waals surface area contributed by atoms with Crippen LogP contribution in [-0.2, 0) is 14.4 Å². The standard InChI is InChI=1S/C10H16N2O3/c1-4-8(14)12-10(2,3)9(15)11-6-5-7-13/h4,7H,1,5-6H2,2-3H3,(H,11,15)(H,12,14). The van der Waals surface area contributed by atoms with Crippen molar-refractivity contribution < 1.29 is 14.4 Å². The van der Waals surface area contributed by atoms with E-state index < -0.39 is 11.4 Å². The van der Waals surface area contributed by atoms with E-state index in [1.807, 2.05) is 0 Å². The third kappa shape index (κ3) is 4.95. The Balaban J connectivity index is 4.18. The number of hydrogen-bond acceptors (Lipinski definition) is 3. The van der Waals surface area contributed by atoms with E-state index in [9.17, 15) is 14.4 Å². The molecule has 0 atom stereocenters. The van der Waals surface area contributed by atoms with Crippen molar-refractivity contribution in [3.05, 3.63) is 12.7 Å². The number of carbonyl (C=O) groups excluding carboxylic acids is 3. The summed E-state index contributed by atoms with van der Waals surface area (Å²) >= 11 is 0. The molecular formula is C10H16N2O3. The molecule has 0 saturated heterocycles. The maximum Gasteiger partial charge on any atom is 0.245 e. The number of hydrogen-bond donors (Lipinski definition) is 2. The Morgan fingerprint density at radius 1 is 1.40 bits per heavy atom. The summed E-state index contributed by atoms with van der Waals surface area (Å²) < 4.78 is 0. The first-order valence-electron chi connectivity index (χ1n) is 4.60. The second kappa shape index (κ2) is 5.95. The summed E-state index contributed by atoms with van der Waals surface area (Å²) in [5, 5.41) is 5.01. The summed E-state index contributed by atoms with van der Waals surface area (Å²) in [4.78, 5) is 32.5. The van der Waals surface area contributed by atoms with Crippen LogP contribution in [0.3, 0.4) is 0 Å². The molecule has 0 spiro atoms. The molecule has 0 aliphatic heterocycles. The molecule has 15 heavy (non-hydrogen) atoms. The highest BCUT2D eigenvalue weighted by molar-refractivity contribution is 5.94. The third-order valence-corrected chi connectivity index (χ3v) is 1.74. The van der Waals surface area contributed by atoms with Crippen LogP contribution in [-0.4, -0.2) is 30.2 Å². The number of amides is 2. The number of aldehydes is 1. The fourth-order valence-corrected chi connectivity index (χ4v) is 0.881. The van der Waals surface area contributed by atoms with Crippen LogP contribution in [0.5, 0.6) is 0 Å². The van der Waals surface area contributed by atoms with E-state index in [1.54, 1.807) is 13.8 Å². The molecule has 2 amide bonds. The molecule has 2 N–H and O–H groups in total. The highest BCUT2D eigenvalue weighted by Crippen LogP contribution is 2.01. The molecule has 0 rings (SSSR count). The van der Waals surface area contributed by atoms with Gasteiger partial charge in [0.05, 0.1) is 0 Å². The van der Waals surface area contributed by atoms with E-state index in [0.29, 0.717) is 0 Å². The molecule has 5 heteroatoms. The van der Waals surface area contributed by atoms with E-state index >= 15 is 0 Å². The SMILES string of the molecule is C=CC(=O)NC(C)(C)C(=O)NCCC=O. The summed E-state index contributed by atoms with van der Waals surface area (Å²) in [5.74, 6) is -0.745. The van der Waals surface area contributed by atoms with Gasteiger partial charge in [-0.05, 0) is 19.9 Å². The van der Waals surface area contributed by atoms with Crippen LogP contribution in [0.4, 0.5) is 0 Å². The molecular weight excluding hydrogens is 196 g/mol. The molecule has 84 valence electrons. The Bertz CT molecular complexity index is 272. The fraction of sp³-hybridized carbons (Fsp3) is 0.500. The lowest BCUT2D eigenvalue weighted by Crippen LogP contribution is -2.54. The molecule has 0 aromatic carbocycles. The summed E-state index contributed by atoms with van der Waals surface area (Å²) in [6.45, 7) is 6.71. The first-order chi connectivity index (χ1) is 6.94. The Hall–Kier alpha value is -1.65. The van der Waals surface area contributed by atoms with Crippen molar-refractivity contribution in [2.75, 3.05) is 6.54 Å². The van der Waals surface area contributed by atoms with Crippen LogP contribution in [0.15, 0.2) is 12.7 Å². The molecule has 0 bridgehead atoms. The molecule has 0 aromatic rings. The average Bonchev–Trinajstić information content (AvgIpc) is 2.17. The van der Waals surface area contributed by atoms with Gasteiger partial charge in [0.25, 0.3) is 0 Å². The van der Waals surface area contributed by atoms with E-state index in [0.717, 1.165) is 12.4 Å². The van der Waals surface area contributed by atoms with Gasteiger partial charge >= 0.3 is 0 Å². The molecule has 0 aliphatic rings. The van der Waals surface area contributed by atoms with Gasteiger partial charge in [0.15, 0.2) is 0 Å². The van der Waals surface area contributed by atoms with Crippen LogP contribution in [0.2, 0.25) is 0 Å². The Morgan fingerprint density at radius 2 is 2.00 bits per heavy atom. The van der Waals surface area contributed by atoms with Gasteiger partial charge in [-0.25, -0.2) is 0 Å². The van der Waals surface area contributed by atoms with Gasteiger partial charge in [0.1, 0.15) is 11.8 Å². The molecule has 0 aromatic heterocycles. The van der Waals surface area contributed by atoms with Gasteiger partial charge in [-0.1, -0.05) is 6.58 Å². The van der Waals surface area contributed by atoms with Crippen molar-refractivity contribution in [2.24, 2.45) is 0 Å². The average molecular weight is 212 g/mol. The molecule has 5 nitrogen and oxygen atoms in total. The number of carbonyl (C=O) groups is 3. The highest BCUT2D eigenvalue weighted by atomic mass is 16.2. The van der Waals surface area contributed by atoms with Gasteiger partial charge in [0, 0.05) is 13.0 Å². The quantitative estimate of drug-likeness (QED) is 0.363. The second-order valence-corrected chi connectivity index (χ2v) is 3.53. The Labute approximate surface area is 88.9 Å². The fourth-order valence-electron chi connectivity index (χ4n) is 0.881. The van der Waals surface area contributed by atoms with Gasteiger partial charge < -0.3 is 15.4 Å². The maximum atomic E-state index is 11.5. The molecule has 0 heterocycles. The normalized spacial score (nSPS) is 10.3.